The second-order valence-corrected chi connectivity index (χ2v) is 13.4. The number of nitrogens with two attached hydrogens (primary N) is 1. The average Bonchev–Trinajstić information content (AvgIpc) is 3.10. The maximum Gasteiger partial charge on any atom is 0.269 e. The van der Waals surface area contributed by atoms with Gasteiger partial charge in [-0.1, -0.05) is 27.2 Å². The fraction of sp³-hybridized carbons (Fsp3) is 0.562. The zero-order valence-corrected chi connectivity index (χ0v) is 32.3. The number of hydrogen-bond donors (Lipinski definition) is 2. The molecule has 2 saturated heterocycles. The zero-order chi connectivity index (χ0) is 38.5. The number of sulfonamides is 1. The topological polar surface area (TPSA) is 199 Å². The molecular formula is C32H51Cl3N6O8S. The second kappa shape index (κ2) is 29.8. The number of rotatable bonds is 7. The van der Waals surface area contributed by atoms with Gasteiger partial charge < -0.3 is 15.1 Å². The minimum absolute atomic E-state index is 0.0141. The van der Waals surface area contributed by atoms with E-state index in [4.69, 9.17) is 34.8 Å². The highest BCUT2D eigenvalue weighted by Crippen LogP contribution is 2.16. The summed E-state index contributed by atoms with van der Waals surface area (Å²) in [6, 6.07) is 10.9. The van der Waals surface area contributed by atoms with Crippen molar-refractivity contribution in [2.75, 3.05) is 57.4 Å². The summed E-state index contributed by atoms with van der Waals surface area (Å²) < 4.78 is 18.8. The molecule has 0 unspecified atom stereocenters. The van der Waals surface area contributed by atoms with Gasteiger partial charge in [-0.25, -0.2) is 13.6 Å². The van der Waals surface area contributed by atoms with Gasteiger partial charge in [-0.2, -0.15) is 0 Å². The summed E-state index contributed by atoms with van der Waals surface area (Å²) in [7, 11) is -3.17. The monoisotopic (exact) mass is 784 g/mol. The van der Waals surface area contributed by atoms with E-state index in [0.29, 0.717) is 5.56 Å². The van der Waals surface area contributed by atoms with Gasteiger partial charge in [0, 0.05) is 48.5 Å². The number of non-ortho nitro benzene ring substituents is 2. The number of nitrogens with one attached hydrogen (secondary N) is 1. The molecule has 14 nitrogen and oxygen atoms in total. The van der Waals surface area contributed by atoms with Crippen LogP contribution in [0.4, 0.5) is 11.4 Å². The van der Waals surface area contributed by atoms with E-state index >= 15 is 0 Å². The van der Waals surface area contributed by atoms with E-state index < -0.39 is 25.1 Å². The van der Waals surface area contributed by atoms with Gasteiger partial charge in [0.15, 0.2) is 0 Å². The average molecular weight is 786 g/mol. The summed E-state index contributed by atoms with van der Waals surface area (Å²) >= 11 is 14.7. The molecule has 0 spiro atoms. The molecule has 0 aromatic heterocycles. The first-order chi connectivity index (χ1) is 23.6. The highest BCUT2D eigenvalue weighted by molar-refractivity contribution is 7.88. The molecule has 2 aliphatic rings. The molecule has 0 bridgehead atoms. The van der Waals surface area contributed by atoms with Gasteiger partial charge in [-0.05, 0) is 101 Å². The van der Waals surface area contributed by atoms with Crippen LogP contribution in [0.5, 0.6) is 0 Å². The van der Waals surface area contributed by atoms with Gasteiger partial charge in [-0.3, -0.25) is 29.8 Å². The van der Waals surface area contributed by atoms with E-state index in [-0.39, 0.29) is 28.2 Å². The maximum absolute atomic E-state index is 12.0. The first-order valence-corrected chi connectivity index (χ1v) is 19.5. The van der Waals surface area contributed by atoms with Crippen molar-refractivity contribution in [3.05, 3.63) is 79.9 Å². The molecular weight excluding hydrogens is 735 g/mol. The summed E-state index contributed by atoms with van der Waals surface area (Å²) in [5, 5.41) is 27.8. The number of alkyl halides is 2. The van der Waals surface area contributed by atoms with E-state index in [2.05, 4.69) is 36.1 Å². The second-order valence-electron chi connectivity index (χ2n) is 10.6. The number of carbonyl (C=O) groups is 2. The quantitative estimate of drug-likeness (QED) is 0.133. The Morgan fingerprint density at radius 2 is 1.12 bits per heavy atom. The summed E-state index contributed by atoms with van der Waals surface area (Å²) in [6.07, 6.45) is 8.40. The van der Waals surface area contributed by atoms with Gasteiger partial charge in [0.2, 0.25) is 10.0 Å². The SMILES string of the molecule is C1CCNCC1.CCN(CC)CC.CS(N)(=O)=O.ClCCl.O=C(Cl)c1ccc([N+](=O)[O-])cc1.O=C(c1ccc([N+](=O)[O-])cc1)N1CCCCC1. The highest BCUT2D eigenvalue weighted by Gasteiger charge is 2.18. The van der Waals surface area contributed by atoms with Crippen LogP contribution in [0.1, 0.15) is 80.0 Å². The third-order valence-corrected chi connectivity index (χ3v) is 7.04. The smallest absolute Gasteiger partial charge is 0.269 e. The van der Waals surface area contributed by atoms with Crippen molar-refractivity contribution in [3.8, 4) is 0 Å². The number of amides is 1. The summed E-state index contributed by atoms with van der Waals surface area (Å²) in [5.74, 6) is -0.0282. The first-order valence-electron chi connectivity index (χ1n) is 16.1. The highest BCUT2D eigenvalue weighted by atomic mass is 35.5. The Kier molecular flexibility index (Phi) is 29.3. The Hall–Kier alpha value is -2.92. The van der Waals surface area contributed by atoms with Crippen molar-refractivity contribution in [1.29, 1.82) is 0 Å². The molecule has 0 radical (unpaired) electrons. The number of primary sulfonamides is 1. The summed E-state index contributed by atoms with van der Waals surface area (Å²) in [6.45, 7) is 14.2. The molecule has 2 aromatic carbocycles. The third-order valence-electron chi connectivity index (χ3n) is 6.82. The molecule has 2 fully saturated rings. The van der Waals surface area contributed by atoms with Crippen LogP contribution in [-0.2, 0) is 10.0 Å². The molecule has 2 aliphatic heterocycles. The number of nitro groups is 2. The predicted octanol–water partition coefficient (Wildman–Crippen LogP) is 6.63. The van der Waals surface area contributed by atoms with Crippen LogP contribution >= 0.6 is 34.8 Å². The van der Waals surface area contributed by atoms with E-state index in [1.165, 1.54) is 107 Å². The lowest BCUT2D eigenvalue weighted by Gasteiger charge is -2.26. The molecule has 1 amide bonds. The number of nitro benzene ring substituents is 2. The van der Waals surface area contributed by atoms with Gasteiger partial charge in [-0.15, -0.1) is 23.2 Å². The predicted molar refractivity (Wildman–Crippen MR) is 202 cm³/mol. The summed E-state index contributed by atoms with van der Waals surface area (Å²) in [5.41, 5.74) is 0.733. The van der Waals surface area contributed by atoms with Gasteiger partial charge in [0.25, 0.3) is 22.5 Å². The molecule has 4 rings (SSSR count). The van der Waals surface area contributed by atoms with E-state index in [0.717, 1.165) is 32.2 Å². The van der Waals surface area contributed by atoms with Crippen molar-refractivity contribution in [2.24, 2.45) is 5.14 Å². The Bertz CT molecular complexity index is 1280. The Labute approximate surface area is 311 Å². The largest absolute Gasteiger partial charge is 0.339 e. The molecule has 284 valence electrons. The number of piperidine rings is 2. The molecule has 2 heterocycles. The number of carbonyl (C=O) groups excluding carboxylic acids is 2. The van der Waals surface area contributed by atoms with Gasteiger partial charge >= 0.3 is 0 Å². The van der Waals surface area contributed by atoms with E-state index in [1.54, 1.807) is 0 Å². The molecule has 18 heteroatoms. The number of nitrogens with zero attached hydrogens (tertiary/aromatic N) is 4. The van der Waals surface area contributed by atoms with Crippen LogP contribution in [0.3, 0.4) is 0 Å². The maximum atomic E-state index is 12.0. The standard InChI is InChI=1S/C12H14N2O3.C7H4ClNO3.C6H15N.C5H11N.CH2Cl2.CH5NO2S/c15-12(13-8-2-1-3-9-13)10-4-6-11(7-5-10)14(16)17;8-7(10)5-1-3-6(4-2-5)9(11)12;1-4-7(5-2)6-3;1-2-4-6-5-3-1;2-1-3;1-5(2,3)4/h4-7H,1-3,8-9H2;1-4H;4-6H2,1-3H3;6H,1-5H2;1H2;1H3,(H2,2,3,4). The minimum atomic E-state index is -3.17. The third kappa shape index (κ3) is 26.9. The van der Waals surface area contributed by atoms with Crippen molar-refractivity contribution in [2.45, 2.75) is 59.3 Å². The number of benzene rings is 2. The molecule has 0 atom stereocenters. The lowest BCUT2D eigenvalue weighted by atomic mass is 10.1. The lowest BCUT2D eigenvalue weighted by Crippen LogP contribution is -2.35. The molecule has 0 saturated carbocycles. The summed E-state index contributed by atoms with van der Waals surface area (Å²) in [4.78, 5) is 46.4. The molecule has 2 aromatic rings. The van der Waals surface area contributed by atoms with Crippen molar-refractivity contribution in [3.63, 3.8) is 0 Å². The van der Waals surface area contributed by atoms with Crippen molar-refractivity contribution >= 4 is 67.4 Å². The van der Waals surface area contributed by atoms with Crippen LogP contribution in [0.25, 0.3) is 0 Å². The Morgan fingerprint density at radius 1 is 0.780 bits per heavy atom. The number of hydrogen-bond acceptors (Lipinski definition) is 10. The van der Waals surface area contributed by atoms with Crippen LogP contribution in [0, 0.1) is 20.2 Å². The lowest BCUT2D eigenvalue weighted by molar-refractivity contribution is -0.385. The normalized spacial score (nSPS) is 13.4. The number of halogens is 3. The molecule has 0 aliphatic carbocycles. The van der Waals surface area contributed by atoms with Crippen LogP contribution in [0.2, 0.25) is 0 Å². The fourth-order valence-electron chi connectivity index (χ4n) is 4.19. The zero-order valence-electron chi connectivity index (χ0n) is 29.2. The van der Waals surface area contributed by atoms with Crippen LogP contribution < -0.4 is 10.5 Å². The fourth-order valence-corrected chi connectivity index (χ4v) is 4.32. The Morgan fingerprint density at radius 3 is 1.36 bits per heavy atom. The van der Waals surface area contributed by atoms with Crippen LogP contribution in [0.15, 0.2) is 48.5 Å². The van der Waals surface area contributed by atoms with Crippen LogP contribution in [-0.4, -0.2) is 96.6 Å². The first kappa shape index (κ1) is 49.2. The van der Waals surface area contributed by atoms with Gasteiger partial charge in [0.1, 0.15) is 0 Å². The van der Waals surface area contributed by atoms with Gasteiger partial charge in [0.05, 0.1) is 21.4 Å². The van der Waals surface area contributed by atoms with E-state index in [1.807, 2.05) is 4.90 Å². The Balaban J connectivity index is 0. The van der Waals surface area contributed by atoms with Crippen molar-refractivity contribution in [1.82, 2.24) is 15.1 Å². The van der Waals surface area contributed by atoms with E-state index in [9.17, 15) is 38.2 Å². The van der Waals surface area contributed by atoms with Crippen molar-refractivity contribution < 1.29 is 27.9 Å². The minimum Gasteiger partial charge on any atom is -0.339 e. The number of likely N-dealkylation sites (tertiary alicyclic amines) is 1. The molecule has 3 N–H and O–H groups in total. The molecule has 50 heavy (non-hydrogen) atoms.